The van der Waals surface area contributed by atoms with Crippen molar-refractivity contribution in [3.63, 3.8) is 0 Å². The Morgan fingerprint density at radius 2 is 1.80 bits per heavy atom. The summed E-state index contributed by atoms with van der Waals surface area (Å²) in [5.41, 5.74) is 2.71. The molecule has 0 aliphatic heterocycles. The Bertz CT molecular complexity index is 598. The lowest BCUT2D eigenvalue weighted by molar-refractivity contribution is 0.0920. The number of hydrogen-bond acceptors (Lipinski definition) is 5. The molecule has 2 N–H and O–H groups in total. The summed E-state index contributed by atoms with van der Waals surface area (Å²) in [7, 11) is 0. The molecule has 0 bridgehead atoms. The van der Waals surface area contributed by atoms with Gasteiger partial charge in [0, 0.05) is 5.54 Å². The van der Waals surface area contributed by atoms with E-state index in [0.29, 0.717) is 11.3 Å². The number of hydrazone groups is 1. The van der Waals surface area contributed by atoms with Crippen LogP contribution in [0, 0.1) is 22.7 Å². The lowest BCUT2D eigenvalue weighted by atomic mass is 10.1. The lowest BCUT2D eigenvalue weighted by Gasteiger charge is -2.21. The molecule has 1 amide bonds. The van der Waals surface area contributed by atoms with Gasteiger partial charge in [-0.3, -0.25) is 10.2 Å². The molecule has 0 spiro atoms. The third-order valence-corrected chi connectivity index (χ3v) is 2.16. The minimum atomic E-state index is -0.363. The van der Waals surface area contributed by atoms with Crippen molar-refractivity contribution in [3.05, 3.63) is 29.8 Å². The van der Waals surface area contributed by atoms with Crippen LogP contribution in [-0.4, -0.2) is 17.2 Å². The summed E-state index contributed by atoms with van der Waals surface area (Å²) in [5.74, 6) is -0.258. The van der Waals surface area contributed by atoms with Gasteiger partial charge in [-0.05, 0) is 32.9 Å². The second kappa shape index (κ2) is 6.35. The number of nitriles is 2. The summed E-state index contributed by atoms with van der Waals surface area (Å²) in [6, 6.07) is 10.0. The molecule has 0 fully saturated rings. The van der Waals surface area contributed by atoms with Crippen molar-refractivity contribution >= 4 is 17.3 Å². The maximum absolute atomic E-state index is 12.1. The van der Waals surface area contributed by atoms with E-state index >= 15 is 0 Å². The first-order valence-corrected chi connectivity index (χ1v) is 5.93. The summed E-state index contributed by atoms with van der Waals surface area (Å²) < 4.78 is 0. The van der Waals surface area contributed by atoms with Crippen LogP contribution >= 0.6 is 0 Å². The highest BCUT2D eigenvalue weighted by Crippen LogP contribution is 2.16. The molecule has 0 heterocycles. The Morgan fingerprint density at radius 3 is 2.35 bits per heavy atom. The van der Waals surface area contributed by atoms with E-state index in [1.165, 1.54) is 0 Å². The van der Waals surface area contributed by atoms with Crippen molar-refractivity contribution in [2.24, 2.45) is 5.10 Å². The predicted molar refractivity (Wildman–Crippen MR) is 75.9 cm³/mol. The molecule has 0 aromatic heterocycles. The van der Waals surface area contributed by atoms with Gasteiger partial charge in [0.15, 0.2) is 0 Å². The van der Waals surface area contributed by atoms with E-state index in [9.17, 15) is 4.79 Å². The monoisotopic (exact) mass is 269 g/mol. The minimum Gasteiger partial charge on any atom is -0.347 e. The lowest BCUT2D eigenvalue weighted by Crippen LogP contribution is -2.40. The van der Waals surface area contributed by atoms with Crippen molar-refractivity contribution in [2.75, 3.05) is 5.43 Å². The van der Waals surface area contributed by atoms with Crippen LogP contribution in [0.2, 0.25) is 0 Å². The molecular formula is C14H15N5O. The maximum atomic E-state index is 12.1. The zero-order valence-electron chi connectivity index (χ0n) is 11.6. The molecule has 0 unspecified atom stereocenters. The number of carbonyl (C=O) groups excluding carboxylic acids is 1. The van der Waals surface area contributed by atoms with Crippen LogP contribution in [-0.2, 0) is 0 Å². The van der Waals surface area contributed by atoms with Gasteiger partial charge in [0.2, 0.25) is 5.71 Å². The first kappa shape index (κ1) is 15.2. The van der Waals surface area contributed by atoms with Gasteiger partial charge in [-0.15, -0.1) is 0 Å². The number of hydrogen-bond donors (Lipinski definition) is 2. The van der Waals surface area contributed by atoms with Gasteiger partial charge in [0.1, 0.15) is 12.1 Å². The van der Waals surface area contributed by atoms with E-state index in [4.69, 9.17) is 10.5 Å². The zero-order valence-corrected chi connectivity index (χ0v) is 11.6. The van der Waals surface area contributed by atoms with Crippen LogP contribution in [0.1, 0.15) is 31.1 Å². The fourth-order valence-electron chi connectivity index (χ4n) is 1.38. The average Bonchev–Trinajstić information content (AvgIpc) is 2.38. The number of nitrogens with one attached hydrogen (secondary N) is 2. The van der Waals surface area contributed by atoms with Crippen LogP contribution < -0.4 is 10.7 Å². The predicted octanol–water partition coefficient (Wildman–Crippen LogP) is 2.03. The largest absolute Gasteiger partial charge is 0.347 e. The van der Waals surface area contributed by atoms with Crippen LogP contribution in [0.15, 0.2) is 29.4 Å². The molecule has 20 heavy (non-hydrogen) atoms. The summed E-state index contributed by atoms with van der Waals surface area (Å²) in [4.78, 5) is 12.1. The summed E-state index contributed by atoms with van der Waals surface area (Å²) in [6.07, 6.45) is 0. The first-order chi connectivity index (χ1) is 9.37. The molecule has 102 valence electrons. The second-order valence-electron chi connectivity index (χ2n) is 5.05. The third-order valence-electron chi connectivity index (χ3n) is 2.16. The number of carbonyl (C=O) groups is 1. The maximum Gasteiger partial charge on any atom is 0.253 e. The quantitative estimate of drug-likeness (QED) is 0.647. The Balaban J connectivity index is 3.01. The smallest absolute Gasteiger partial charge is 0.253 e. The molecule has 1 aromatic rings. The van der Waals surface area contributed by atoms with Gasteiger partial charge in [-0.25, -0.2) is 0 Å². The second-order valence-corrected chi connectivity index (χ2v) is 5.05. The van der Waals surface area contributed by atoms with Crippen molar-refractivity contribution in [1.82, 2.24) is 5.32 Å². The third kappa shape index (κ3) is 4.43. The van der Waals surface area contributed by atoms with Crippen LogP contribution in [0.25, 0.3) is 0 Å². The summed E-state index contributed by atoms with van der Waals surface area (Å²) in [5, 5.41) is 23.7. The Kier molecular flexibility index (Phi) is 4.82. The highest BCUT2D eigenvalue weighted by molar-refractivity contribution is 6.10. The number of benzene rings is 1. The fraction of sp³-hybridized carbons (Fsp3) is 0.286. The fourth-order valence-corrected chi connectivity index (χ4v) is 1.38. The van der Waals surface area contributed by atoms with Crippen molar-refractivity contribution in [3.8, 4) is 12.1 Å². The SMILES string of the molecule is CC(C)(C)NC(=O)c1ccccc1NN=C(C#N)C#N. The molecule has 6 heteroatoms. The zero-order chi connectivity index (χ0) is 15.2. The van der Waals surface area contributed by atoms with E-state index in [1.807, 2.05) is 20.8 Å². The number of nitrogens with zero attached hydrogens (tertiary/aromatic N) is 3. The van der Waals surface area contributed by atoms with Gasteiger partial charge >= 0.3 is 0 Å². The van der Waals surface area contributed by atoms with E-state index in [1.54, 1.807) is 36.4 Å². The molecule has 0 saturated carbocycles. The van der Waals surface area contributed by atoms with E-state index in [-0.39, 0.29) is 17.2 Å². The Labute approximate surface area is 117 Å². The van der Waals surface area contributed by atoms with Crippen LogP contribution in [0.4, 0.5) is 5.69 Å². The van der Waals surface area contributed by atoms with Gasteiger partial charge in [0.05, 0.1) is 11.3 Å². The molecule has 0 atom stereocenters. The topological polar surface area (TPSA) is 101 Å². The first-order valence-electron chi connectivity index (χ1n) is 5.93. The van der Waals surface area contributed by atoms with E-state index in [0.717, 1.165) is 0 Å². The van der Waals surface area contributed by atoms with Crippen molar-refractivity contribution in [1.29, 1.82) is 10.5 Å². The van der Waals surface area contributed by atoms with E-state index < -0.39 is 0 Å². The standard InChI is InChI=1S/C14H15N5O/c1-14(2,3)17-13(20)11-6-4-5-7-12(11)19-18-10(8-15)9-16/h4-7,19H,1-3H3,(H,17,20). The average molecular weight is 269 g/mol. The summed E-state index contributed by atoms with van der Waals surface area (Å²) >= 11 is 0. The minimum absolute atomic E-state index is 0.258. The van der Waals surface area contributed by atoms with Gasteiger partial charge < -0.3 is 5.32 Å². The van der Waals surface area contributed by atoms with Crippen LogP contribution in [0.3, 0.4) is 0 Å². The number of para-hydroxylation sites is 1. The van der Waals surface area contributed by atoms with E-state index in [2.05, 4.69) is 15.8 Å². The molecular weight excluding hydrogens is 254 g/mol. The van der Waals surface area contributed by atoms with Gasteiger partial charge in [0.25, 0.3) is 5.91 Å². The normalized spacial score (nSPS) is 9.85. The van der Waals surface area contributed by atoms with Crippen molar-refractivity contribution in [2.45, 2.75) is 26.3 Å². The highest BCUT2D eigenvalue weighted by Gasteiger charge is 2.17. The summed E-state index contributed by atoms with van der Waals surface area (Å²) in [6.45, 7) is 5.63. The van der Waals surface area contributed by atoms with Crippen molar-refractivity contribution < 1.29 is 4.79 Å². The molecule has 0 aliphatic rings. The Morgan fingerprint density at radius 1 is 1.20 bits per heavy atom. The Hall–Kier alpha value is -2.86. The molecule has 1 rings (SSSR count). The number of anilines is 1. The molecule has 0 aliphatic carbocycles. The van der Waals surface area contributed by atoms with Gasteiger partial charge in [-0.2, -0.15) is 15.6 Å². The number of amides is 1. The number of rotatable bonds is 3. The molecule has 6 nitrogen and oxygen atoms in total. The van der Waals surface area contributed by atoms with Crippen LogP contribution in [0.5, 0.6) is 0 Å². The highest BCUT2D eigenvalue weighted by atomic mass is 16.1. The molecule has 1 aromatic carbocycles. The molecule has 0 saturated heterocycles. The van der Waals surface area contributed by atoms with Gasteiger partial charge in [-0.1, -0.05) is 12.1 Å². The molecule has 0 radical (unpaired) electrons.